The minimum Gasteiger partial charge on any atom is -0.331 e. The number of nitrogens with zero attached hydrogens (tertiary/aromatic N) is 1. The Labute approximate surface area is 165 Å². The van der Waals surface area contributed by atoms with Crippen LogP contribution in [-0.4, -0.2) is 17.4 Å². The molecule has 2 heterocycles. The van der Waals surface area contributed by atoms with Gasteiger partial charge in [-0.05, 0) is 60.4 Å². The molecule has 3 aromatic rings. The van der Waals surface area contributed by atoms with E-state index in [4.69, 9.17) is 0 Å². The number of hydrogen-bond acceptors (Lipinski definition) is 2. The van der Waals surface area contributed by atoms with Crippen LogP contribution in [0.2, 0.25) is 0 Å². The van der Waals surface area contributed by atoms with Gasteiger partial charge in [-0.3, -0.25) is 4.79 Å². The van der Waals surface area contributed by atoms with Gasteiger partial charge < -0.3 is 4.90 Å². The van der Waals surface area contributed by atoms with E-state index >= 15 is 0 Å². The molecule has 1 aliphatic rings. The average Bonchev–Trinajstić information content (AvgIpc) is 3.15. The van der Waals surface area contributed by atoms with E-state index in [1.54, 1.807) is 0 Å². The molecule has 0 aliphatic carbocycles. The second-order valence-corrected chi connectivity index (χ2v) is 8.38. The maximum absolute atomic E-state index is 13.2. The fraction of sp³-hybridized carbons (Fsp3) is 0.292. The second kappa shape index (κ2) is 7.69. The van der Waals surface area contributed by atoms with Gasteiger partial charge in [0, 0.05) is 17.8 Å². The smallest absolute Gasteiger partial charge is 0.223 e. The standard InChI is InChI=1S/C24H25NOS/c1-17-8-9-19(18(2)16-17)10-11-23(26)25-14-12-22-21(13-15-27-22)24(25)20-6-4-3-5-7-20/h3-9,13,15-16,24H,10-12,14H2,1-2H3. The molecule has 0 radical (unpaired) electrons. The van der Waals surface area contributed by atoms with Crippen molar-refractivity contribution in [1.29, 1.82) is 0 Å². The van der Waals surface area contributed by atoms with Crippen molar-refractivity contribution in [2.45, 2.75) is 39.2 Å². The summed E-state index contributed by atoms with van der Waals surface area (Å²) in [6, 6.07) is 19.2. The van der Waals surface area contributed by atoms with Gasteiger partial charge in [0.05, 0.1) is 6.04 Å². The summed E-state index contributed by atoms with van der Waals surface area (Å²) >= 11 is 1.81. The molecule has 0 N–H and O–H groups in total. The van der Waals surface area contributed by atoms with Crippen LogP contribution < -0.4 is 0 Å². The molecule has 1 unspecified atom stereocenters. The third-order valence-corrected chi connectivity index (χ3v) is 6.50. The molecule has 2 aromatic carbocycles. The number of amides is 1. The molecule has 2 nitrogen and oxygen atoms in total. The first kappa shape index (κ1) is 18.0. The molecule has 1 aromatic heterocycles. The van der Waals surface area contributed by atoms with Crippen molar-refractivity contribution in [3.05, 3.63) is 92.7 Å². The topological polar surface area (TPSA) is 20.3 Å². The van der Waals surface area contributed by atoms with Crippen LogP contribution in [0, 0.1) is 13.8 Å². The molecule has 0 saturated carbocycles. The first-order valence-corrected chi connectivity index (χ1v) is 10.5. The Balaban J connectivity index is 1.57. The lowest BCUT2D eigenvalue weighted by atomic mass is 9.92. The van der Waals surface area contributed by atoms with E-state index in [9.17, 15) is 4.79 Å². The predicted molar refractivity (Wildman–Crippen MR) is 112 cm³/mol. The van der Waals surface area contributed by atoms with Gasteiger partial charge in [0.1, 0.15) is 0 Å². The van der Waals surface area contributed by atoms with Crippen molar-refractivity contribution in [3.63, 3.8) is 0 Å². The van der Waals surface area contributed by atoms with E-state index in [-0.39, 0.29) is 11.9 Å². The number of hydrogen-bond donors (Lipinski definition) is 0. The van der Waals surface area contributed by atoms with Crippen LogP contribution >= 0.6 is 11.3 Å². The Morgan fingerprint density at radius 2 is 1.93 bits per heavy atom. The molecule has 1 aliphatic heterocycles. The molecule has 0 saturated heterocycles. The number of rotatable bonds is 4. The van der Waals surface area contributed by atoms with Gasteiger partial charge in [-0.15, -0.1) is 11.3 Å². The zero-order valence-corrected chi connectivity index (χ0v) is 16.8. The summed E-state index contributed by atoms with van der Waals surface area (Å²) in [6.07, 6.45) is 2.33. The van der Waals surface area contributed by atoms with E-state index in [1.807, 2.05) is 17.4 Å². The third kappa shape index (κ3) is 3.70. The molecule has 0 fully saturated rings. The summed E-state index contributed by atoms with van der Waals surface area (Å²) < 4.78 is 0. The first-order chi connectivity index (χ1) is 13.1. The maximum Gasteiger partial charge on any atom is 0.223 e. The SMILES string of the molecule is Cc1ccc(CCC(=O)N2CCc3sccc3C2c2ccccc2)c(C)c1. The molecule has 1 atom stereocenters. The molecule has 138 valence electrons. The van der Waals surface area contributed by atoms with Crippen LogP contribution in [0.3, 0.4) is 0 Å². The Morgan fingerprint density at radius 3 is 2.70 bits per heavy atom. The van der Waals surface area contributed by atoms with Crippen LogP contribution in [0.5, 0.6) is 0 Å². The highest BCUT2D eigenvalue weighted by Gasteiger charge is 2.32. The fourth-order valence-electron chi connectivity index (χ4n) is 4.09. The summed E-state index contributed by atoms with van der Waals surface area (Å²) in [5.74, 6) is 0.251. The number of thiophene rings is 1. The monoisotopic (exact) mass is 375 g/mol. The molecular formula is C24H25NOS. The summed E-state index contributed by atoms with van der Waals surface area (Å²) in [5.41, 5.74) is 6.33. The summed E-state index contributed by atoms with van der Waals surface area (Å²) in [5, 5.41) is 2.16. The predicted octanol–water partition coefficient (Wildman–Crippen LogP) is 5.47. The molecular weight excluding hydrogens is 350 g/mol. The lowest BCUT2D eigenvalue weighted by Gasteiger charge is -2.36. The van der Waals surface area contributed by atoms with Crippen molar-refractivity contribution in [2.24, 2.45) is 0 Å². The van der Waals surface area contributed by atoms with Crippen LogP contribution in [0.25, 0.3) is 0 Å². The lowest BCUT2D eigenvalue weighted by Crippen LogP contribution is -2.40. The third-order valence-electron chi connectivity index (χ3n) is 5.51. The van der Waals surface area contributed by atoms with E-state index in [0.717, 1.165) is 19.4 Å². The number of carbonyl (C=O) groups is 1. The van der Waals surface area contributed by atoms with Gasteiger partial charge in [-0.2, -0.15) is 0 Å². The lowest BCUT2D eigenvalue weighted by molar-refractivity contribution is -0.133. The molecule has 1 amide bonds. The van der Waals surface area contributed by atoms with Gasteiger partial charge in [-0.1, -0.05) is 54.1 Å². The Kier molecular flexibility index (Phi) is 5.13. The molecule has 4 rings (SSSR count). The molecule has 0 spiro atoms. The van der Waals surface area contributed by atoms with Crippen molar-refractivity contribution < 1.29 is 4.79 Å². The van der Waals surface area contributed by atoms with E-state index < -0.39 is 0 Å². The fourth-order valence-corrected chi connectivity index (χ4v) is 5.00. The highest BCUT2D eigenvalue weighted by Crippen LogP contribution is 2.38. The minimum absolute atomic E-state index is 0.0489. The van der Waals surface area contributed by atoms with E-state index in [0.29, 0.717) is 6.42 Å². The number of fused-ring (bicyclic) bond motifs is 1. The largest absolute Gasteiger partial charge is 0.331 e. The van der Waals surface area contributed by atoms with Crippen molar-refractivity contribution >= 4 is 17.2 Å². The zero-order valence-electron chi connectivity index (χ0n) is 15.9. The van der Waals surface area contributed by atoms with E-state index in [2.05, 4.69) is 72.7 Å². The van der Waals surface area contributed by atoms with Crippen LogP contribution in [0.1, 0.15) is 45.2 Å². The van der Waals surface area contributed by atoms with Crippen LogP contribution in [0.15, 0.2) is 60.0 Å². The quantitative estimate of drug-likeness (QED) is 0.592. The van der Waals surface area contributed by atoms with Crippen LogP contribution in [-0.2, 0) is 17.6 Å². The maximum atomic E-state index is 13.2. The molecule has 27 heavy (non-hydrogen) atoms. The van der Waals surface area contributed by atoms with Crippen molar-refractivity contribution in [2.75, 3.05) is 6.54 Å². The van der Waals surface area contributed by atoms with Gasteiger partial charge in [0.25, 0.3) is 0 Å². The zero-order chi connectivity index (χ0) is 18.8. The van der Waals surface area contributed by atoms with E-state index in [1.165, 1.54) is 32.7 Å². The summed E-state index contributed by atoms with van der Waals surface area (Å²) in [6.45, 7) is 5.05. The van der Waals surface area contributed by atoms with Crippen LogP contribution in [0.4, 0.5) is 0 Å². The molecule has 0 bridgehead atoms. The second-order valence-electron chi connectivity index (χ2n) is 7.38. The first-order valence-electron chi connectivity index (χ1n) is 9.60. The Morgan fingerprint density at radius 1 is 1.11 bits per heavy atom. The Hall–Kier alpha value is -2.39. The van der Waals surface area contributed by atoms with Gasteiger partial charge in [0.15, 0.2) is 0 Å². The van der Waals surface area contributed by atoms with Gasteiger partial charge in [-0.25, -0.2) is 0 Å². The molecule has 3 heteroatoms. The van der Waals surface area contributed by atoms with Gasteiger partial charge >= 0.3 is 0 Å². The highest BCUT2D eigenvalue weighted by atomic mass is 32.1. The summed E-state index contributed by atoms with van der Waals surface area (Å²) in [4.78, 5) is 16.7. The minimum atomic E-state index is 0.0489. The number of benzene rings is 2. The average molecular weight is 376 g/mol. The summed E-state index contributed by atoms with van der Waals surface area (Å²) in [7, 11) is 0. The van der Waals surface area contributed by atoms with Crippen molar-refractivity contribution in [1.82, 2.24) is 4.90 Å². The highest BCUT2D eigenvalue weighted by molar-refractivity contribution is 7.10. The normalized spacial score (nSPS) is 16.2. The van der Waals surface area contributed by atoms with Crippen molar-refractivity contribution in [3.8, 4) is 0 Å². The van der Waals surface area contributed by atoms with Gasteiger partial charge in [0.2, 0.25) is 5.91 Å². The Bertz CT molecular complexity index is 944. The number of aryl methyl sites for hydroxylation is 3. The number of carbonyl (C=O) groups excluding carboxylic acids is 1.